The van der Waals surface area contributed by atoms with Crippen LogP contribution in [-0.2, 0) is 11.2 Å². The third-order valence-electron chi connectivity index (χ3n) is 3.34. The molecule has 3 aromatic rings. The van der Waals surface area contributed by atoms with Crippen LogP contribution in [0.1, 0.15) is 5.69 Å². The average molecular weight is 439 g/mol. The first-order chi connectivity index (χ1) is 12.1. The van der Waals surface area contributed by atoms with Crippen molar-refractivity contribution in [1.82, 2.24) is 4.98 Å². The summed E-state index contributed by atoms with van der Waals surface area (Å²) in [5.74, 6) is 1.06. The molecule has 0 unspecified atom stereocenters. The molecule has 3 rings (SSSR count). The maximum absolute atomic E-state index is 12.3. The number of hydrogen-bond acceptors (Lipinski definition) is 6. The first-order valence-corrected chi connectivity index (χ1v) is 9.85. The number of nitrogens with zero attached hydrogens (tertiary/aromatic N) is 1. The molecule has 5 nitrogen and oxygen atoms in total. The van der Waals surface area contributed by atoms with E-state index < -0.39 is 0 Å². The Morgan fingerprint density at radius 2 is 1.96 bits per heavy atom. The number of carbonyl (C=O) groups is 1. The number of aromatic nitrogens is 1. The van der Waals surface area contributed by atoms with E-state index in [1.165, 1.54) is 11.3 Å². The lowest BCUT2D eigenvalue weighted by Gasteiger charge is -2.10. The Morgan fingerprint density at radius 3 is 2.64 bits per heavy atom. The number of rotatable bonds is 6. The summed E-state index contributed by atoms with van der Waals surface area (Å²) in [6.45, 7) is 0. The number of halogens is 1. The largest absolute Gasteiger partial charge is 0.493 e. The monoisotopic (exact) mass is 438 g/mol. The van der Waals surface area contributed by atoms with E-state index in [1.807, 2.05) is 16.8 Å². The first-order valence-electron chi connectivity index (χ1n) is 7.29. The Balaban J connectivity index is 1.66. The zero-order chi connectivity index (χ0) is 17.8. The highest BCUT2D eigenvalue weighted by molar-refractivity contribution is 9.10. The van der Waals surface area contributed by atoms with Gasteiger partial charge in [-0.3, -0.25) is 4.79 Å². The fourth-order valence-electron chi connectivity index (χ4n) is 2.21. The Morgan fingerprint density at radius 1 is 1.16 bits per heavy atom. The van der Waals surface area contributed by atoms with Crippen molar-refractivity contribution in [1.29, 1.82) is 0 Å². The van der Waals surface area contributed by atoms with Gasteiger partial charge in [-0.1, -0.05) is 0 Å². The van der Waals surface area contributed by atoms with Crippen molar-refractivity contribution in [3.05, 3.63) is 45.2 Å². The minimum atomic E-state index is -0.128. The number of carbonyl (C=O) groups excluding carboxylic acids is 1. The number of hydrogen-bond donors (Lipinski definition) is 1. The molecule has 0 spiro atoms. The number of benzene rings is 1. The van der Waals surface area contributed by atoms with Gasteiger partial charge in [-0.2, -0.15) is 0 Å². The summed E-state index contributed by atoms with van der Waals surface area (Å²) in [6, 6.07) is 7.28. The van der Waals surface area contributed by atoms with Crippen LogP contribution in [0.3, 0.4) is 0 Å². The molecular formula is C17H15BrN2O3S2. The highest BCUT2D eigenvalue weighted by Crippen LogP contribution is 2.32. The molecule has 8 heteroatoms. The number of anilines is 1. The van der Waals surface area contributed by atoms with Gasteiger partial charge < -0.3 is 14.8 Å². The maximum Gasteiger partial charge on any atom is 0.230 e. The molecule has 2 aromatic heterocycles. The van der Waals surface area contributed by atoms with Gasteiger partial charge in [-0.25, -0.2) is 4.98 Å². The number of nitrogens with one attached hydrogen (secondary N) is 1. The van der Waals surface area contributed by atoms with Crippen molar-refractivity contribution in [2.75, 3.05) is 19.5 Å². The highest BCUT2D eigenvalue weighted by Gasteiger charge is 2.12. The zero-order valence-electron chi connectivity index (χ0n) is 13.5. The molecule has 0 bridgehead atoms. The third-order valence-corrected chi connectivity index (χ3v) is 6.09. The van der Waals surface area contributed by atoms with Crippen molar-refractivity contribution in [3.8, 4) is 21.4 Å². The number of thiazole rings is 1. The summed E-state index contributed by atoms with van der Waals surface area (Å²) in [7, 11) is 3.13. The second-order valence-corrected chi connectivity index (χ2v) is 7.75. The van der Waals surface area contributed by atoms with E-state index in [0.717, 1.165) is 20.1 Å². The second kappa shape index (κ2) is 7.99. The number of amides is 1. The van der Waals surface area contributed by atoms with Crippen LogP contribution in [-0.4, -0.2) is 25.1 Å². The summed E-state index contributed by atoms with van der Waals surface area (Å²) >= 11 is 6.60. The van der Waals surface area contributed by atoms with Gasteiger partial charge in [-0.05, 0) is 34.1 Å². The van der Waals surface area contributed by atoms with E-state index >= 15 is 0 Å². The molecule has 0 aliphatic rings. The molecule has 0 aliphatic carbocycles. The van der Waals surface area contributed by atoms with E-state index in [2.05, 4.69) is 26.2 Å². The molecule has 0 saturated carbocycles. The van der Waals surface area contributed by atoms with Crippen molar-refractivity contribution in [3.63, 3.8) is 0 Å². The molecule has 0 saturated heterocycles. The molecule has 2 heterocycles. The Kier molecular flexibility index (Phi) is 5.72. The van der Waals surface area contributed by atoms with Gasteiger partial charge in [0.25, 0.3) is 0 Å². The second-order valence-electron chi connectivity index (χ2n) is 5.07. The Bertz CT molecular complexity index is 892. The maximum atomic E-state index is 12.3. The van der Waals surface area contributed by atoms with Gasteiger partial charge in [0.05, 0.1) is 31.2 Å². The van der Waals surface area contributed by atoms with E-state index in [9.17, 15) is 4.79 Å². The van der Waals surface area contributed by atoms with Crippen LogP contribution in [0.25, 0.3) is 9.88 Å². The molecule has 25 heavy (non-hydrogen) atoms. The lowest BCUT2D eigenvalue weighted by molar-refractivity contribution is -0.115. The molecular weight excluding hydrogens is 424 g/mol. The molecule has 0 radical (unpaired) electrons. The minimum absolute atomic E-state index is 0.128. The van der Waals surface area contributed by atoms with Gasteiger partial charge >= 0.3 is 0 Å². The normalized spacial score (nSPS) is 10.5. The van der Waals surface area contributed by atoms with Crippen LogP contribution in [0, 0.1) is 0 Å². The van der Waals surface area contributed by atoms with Crippen LogP contribution in [0.5, 0.6) is 11.5 Å². The molecule has 1 aromatic carbocycles. The van der Waals surface area contributed by atoms with Gasteiger partial charge in [0, 0.05) is 27.0 Å². The van der Waals surface area contributed by atoms with Crippen molar-refractivity contribution in [2.24, 2.45) is 0 Å². The van der Waals surface area contributed by atoms with Gasteiger partial charge in [-0.15, -0.1) is 22.7 Å². The van der Waals surface area contributed by atoms with Crippen molar-refractivity contribution in [2.45, 2.75) is 6.42 Å². The first kappa shape index (κ1) is 17.9. The summed E-state index contributed by atoms with van der Waals surface area (Å²) in [4.78, 5) is 17.9. The number of thiophene rings is 1. The Hall–Kier alpha value is -1.90. The summed E-state index contributed by atoms with van der Waals surface area (Å²) in [5, 5.41) is 7.70. The smallest absolute Gasteiger partial charge is 0.230 e. The Labute approximate surface area is 161 Å². The predicted octanol–water partition coefficient (Wildman–Crippen LogP) is 4.83. The van der Waals surface area contributed by atoms with Crippen molar-refractivity contribution < 1.29 is 14.3 Å². The fraction of sp³-hybridized carbons (Fsp3) is 0.176. The summed E-state index contributed by atoms with van der Waals surface area (Å²) in [6.07, 6.45) is 0.220. The molecule has 130 valence electrons. The lowest BCUT2D eigenvalue weighted by atomic mass is 10.2. The molecule has 1 amide bonds. The van der Waals surface area contributed by atoms with Gasteiger partial charge in [0.1, 0.15) is 5.01 Å². The van der Waals surface area contributed by atoms with E-state index in [0.29, 0.717) is 17.2 Å². The number of methoxy groups -OCH3 is 2. The quantitative estimate of drug-likeness (QED) is 0.598. The van der Waals surface area contributed by atoms with E-state index in [4.69, 9.17) is 9.47 Å². The molecule has 0 fully saturated rings. The number of ether oxygens (including phenoxy) is 2. The molecule has 1 N–H and O–H groups in total. The summed E-state index contributed by atoms with van der Waals surface area (Å²) < 4.78 is 11.5. The van der Waals surface area contributed by atoms with Gasteiger partial charge in [0.15, 0.2) is 11.5 Å². The van der Waals surface area contributed by atoms with E-state index in [-0.39, 0.29) is 12.3 Å². The minimum Gasteiger partial charge on any atom is -0.493 e. The van der Waals surface area contributed by atoms with Crippen LogP contribution in [0.2, 0.25) is 0 Å². The predicted molar refractivity (Wildman–Crippen MR) is 105 cm³/mol. The molecule has 0 atom stereocenters. The topological polar surface area (TPSA) is 60.5 Å². The standard InChI is InChI=1S/C17H15BrN2O3S2/c1-22-13-4-3-11(6-14(13)23-2)19-16(21)7-12-9-25-17(20-12)15-5-10(18)8-24-15/h3-6,8-9H,7H2,1-2H3,(H,19,21). The third kappa shape index (κ3) is 4.39. The molecule has 0 aliphatic heterocycles. The average Bonchev–Trinajstić information content (AvgIpc) is 3.23. The van der Waals surface area contributed by atoms with Gasteiger partial charge in [0.2, 0.25) is 5.91 Å². The zero-order valence-corrected chi connectivity index (χ0v) is 16.8. The summed E-state index contributed by atoms with van der Waals surface area (Å²) in [5.41, 5.74) is 1.41. The van der Waals surface area contributed by atoms with E-state index in [1.54, 1.807) is 43.8 Å². The van der Waals surface area contributed by atoms with Crippen LogP contribution < -0.4 is 14.8 Å². The van der Waals surface area contributed by atoms with Crippen LogP contribution in [0.4, 0.5) is 5.69 Å². The highest BCUT2D eigenvalue weighted by atomic mass is 79.9. The lowest BCUT2D eigenvalue weighted by Crippen LogP contribution is -2.14. The fourth-order valence-corrected chi connectivity index (χ4v) is 4.54. The SMILES string of the molecule is COc1ccc(NC(=O)Cc2csc(-c3cc(Br)cs3)n2)cc1OC. The van der Waals surface area contributed by atoms with Crippen LogP contribution in [0.15, 0.2) is 39.5 Å². The van der Waals surface area contributed by atoms with Crippen LogP contribution >= 0.6 is 38.6 Å². The van der Waals surface area contributed by atoms with Crippen molar-refractivity contribution >= 4 is 50.2 Å².